The molecular formula is C30H31F2NO4. The van der Waals surface area contributed by atoms with Crippen LogP contribution in [0.3, 0.4) is 0 Å². The molecule has 1 fully saturated rings. The Labute approximate surface area is 215 Å². The van der Waals surface area contributed by atoms with Gasteiger partial charge in [0.2, 0.25) is 0 Å². The minimum atomic E-state index is -0.913. The van der Waals surface area contributed by atoms with E-state index < -0.39 is 25.0 Å². The number of ether oxygens (including phenoxy) is 2. The number of benzene rings is 3. The Morgan fingerprint density at radius 3 is 2.57 bits per heavy atom. The summed E-state index contributed by atoms with van der Waals surface area (Å²) in [5, 5.41) is 20.2. The Hall–Kier alpha value is -3.58. The number of aromatic hydroxyl groups is 2. The van der Waals surface area contributed by atoms with Crippen LogP contribution in [0.15, 0.2) is 66.7 Å². The quantitative estimate of drug-likeness (QED) is 0.392. The average molecular weight is 508 g/mol. The predicted octanol–water partition coefficient (Wildman–Crippen LogP) is 6.31. The third-order valence-corrected chi connectivity index (χ3v) is 7.15. The molecule has 2 heterocycles. The smallest absolute Gasteiger partial charge is 0.150 e. The van der Waals surface area contributed by atoms with Crippen molar-refractivity contribution in [3.8, 4) is 23.0 Å². The average Bonchev–Trinajstić information content (AvgIpc) is 2.90. The minimum Gasteiger partial charge on any atom is -0.508 e. The number of nitrogens with zero attached hydrogens (tertiary/aromatic N) is 1. The largest absolute Gasteiger partial charge is 0.508 e. The van der Waals surface area contributed by atoms with Crippen LogP contribution in [0, 0.1) is 0 Å². The molecule has 0 aromatic heterocycles. The van der Waals surface area contributed by atoms with Gasteiger partial charge in [-0.1, -0.05) is 24.3 Å². The summed E-state index contributed by atoms with van der Waals surface area (Å²) >= 11 is 0. The van der Waals surface area contributed by atoms with Gasteiger partial charge in [0.05, 0.1) is 6.04 Å². The van der Waals surface area contributed by atoms with Crippen LogP contribution in [0.2, 0.25) is 0 Å². The van der Waals surface area contributed by atoms with Crippen LogP contribution in [0.1, 0.15) is 42.6 Å². The van der Waals surface area contributed by atoms with E-state index >= 15 is 0 Å². The molecule has 3 atom stereocenters. The van der Waals surface area contributed by atoms with Gasteiger partial charge >= 0.3 is 0 Å². The number of fused-ring (bicyclic) bond motifs is 1. The maximum Gasteiger partial charge on any atom is 0.150 e. The zero-order chi connectivity index (χ0) is 25.9. The molecule has 0 saturated carbocycles. The number of halogens is 2. The molecular weight excluding hydrogens is 476 g/mol. The topological polar surface area (TPSA) is 62.2 Å². The van der Waals surface area contributed by atoms with E-state index in [2.05, 4.69) is 0 Å². The maximum absolute atomic E-state index is 13.8. The number of phenols is 2. The first-order valence-corrected chi connectivity index (χ1v) is 12.6. The van der Waals surface area contributed by atoms with Gasteiger partial charge in [0.15, 0.2) is 0 Å². The van der Waals surface area contributed by atoms with Crippen LogP contribution in [-0.2, 0) is 0 Å². The number of rotatable bonds is 7. The zero-order valence-corrected chi connectivity index (χ0v) is 20.7. The summed E-state index contributed by atoms with van der Waals surface area (Å²) in [5.41, 5.74) is 4.30. The van der Waals surface area contributed by atoms with E-state index in [4.69, 9.17) is 9.47 Å². The molecule has 5 rings (SSSR count). The Bertz CT molecular complexity index is 1280. The van der Waals surface area contributed by atoms with Crippen molar-refractivity contribution in [2.45, 2.75) is 38.1 Å². The molecule has 37 heavy (non-hydrogen) atoms. The molecule has 3 unspecified atom stereocenters. The molecule has 2 aliphatic heterocycles. The molecule has 5 nitrogen and oxygen atoms in total. The van der Waals surface area contributed by atoms with E-state index in [1.165, 1.54) is 0 Å². The zero-order valence-electron chi connectivity index (χ0n) is 20.7. The van der Waals surface area contributed by atoms with Crippen LogP contribution >= 0.6 is 0 Å². The Balaban J connectivity index is 1.39. The first-order valence-electron chi connectivity index (χ1n) is 12.6. The van der Waals surface area contributed by atoms with Crippen molar-refractivity contribution in [1.29, 1.82) is 0 Å². The highest BCUT2D eigenvalue weighted by molar-refractivity contribution is 5.95. The van der Waals surface area contributed by atoms with Crippen LogP contribution in [0.25, 0.3) is 11.1 Å². The molecule has 0 spiro atoms. The highest BCUT2D eigenvalue weighted by Crippen LogP contribution is 2.47. The third kappa shape index (κ3) is 5.42. The van der Waals surface area contributed by atoms with Crippen molar-refractivity contribution < 1.29 is 28.5 Å². The number of piperidine rings is 1. The van der Waals surface area contributed by atoms with Gasteiger partial charge in [0, 0.05) is 17.7 Å². The lowest BCUT2D eigenvalue weighted by atomic mass is 9.86. The van der Waals surface area contributed by atoms with E-state index in [9.17, 15) is 19.0 Å². The van der Waals surface area contributed by atoms with E-state index in [1.54, 1.807) is 36.4 Å². The third-order valence-electron chi connectivity index (χ3n) is 7.15. The standard InChI is InChI=1S/C30H31F2NO4/c1-19-27-15-25(35)9-12-28(27)37-30(29(19)21-4-2-6-24(34)14-21)20-7-10-26(11-8-20)36-18-23(16-31)33-13-3-5-22(32)17-33/h2,4,6-12,14-15,22-23,30,34-35H,3,5,13,16-18H2,1H3. The fourth-order valence-corrected chi connectivity index (χ4v) is 5.18. The molecule has 3 aromatic rings. The van der Waals surface area contributed by atoms with Gasteiger partial charge in [-0.05, 0) is 85.5 Å². The molecule has 1 saturated heterocycles. The van der Waals surface area contributed by atoms with Crippen LogP contribution in [-0.4, -0.2) is 53.7 Å². The molecule has 7 heteroatoms. The summed E-state index contributed by atoms with van der Waals surface area (Å²) < 4.78 is 39.8. The van der Waals surface area contributed by atoms with Crippen molar-refractivity contribution in [2.24, 2.45) is 0 Å². The van der Waals surface area contributed by atoms with Crippen molar-refractivity contribution >= 4 is 11.1 Å². The second-order valence-corrected chi connectivity index (χ2v) is 9.69. The highest BCUT2D eigenvalue weighted by Gasteiger charge is 2.30. The van der Waals surface area contributed by atoms with Crippen LogP contribution < -0.4 is 9.47 Å². The second-order valence-electron chi connectivity index (χ2n) is 9.69. The number of hydrogen-bond donors (Lipinski definition) is 2. The number of likely N-dealkylation sites (tertiary alicyclic amines) is 1. The summed E-state index contributed by atoms with van der Waals surface area (Å²) in [7, 11) is 0. The Morgan fingerprint density at radius 1 is 1.05 bits per heavy atom. The fourth-order valence-electron chi connectivity index (χ4n) is 5.18. The van der Waals surface area contributed by atoms with Gasteiger partial charge in [0.25, 0.3) is 0 Å². The summed E-state index contributed by atoms with van der Waals surface area (Å²) in [6.07, 6.45) is -0.110. The monoisotopic (exact) mass is 507 g/mol. The molecule has 0 radical (unpaired) electrons. The first-order chi connectivity index (χ1) is 17.9. The normalized spacial score (nSPS) is 20.7. The molecule has 2 aliphatic rings. The van der Waals surface area contributed by atoms with Gasteiger partial charge < -0.3 is 19.7 Å². The minimum absolute atomic E-state index is 0.146. The van der Waals surface area contributed by atoms with Crippen LogP contribution in [0.4, 0.5) is 8.78 Å². The van der Waals surface area contributed by atoms with E-state index in [0.29, 0.717) is 24.5 Å². The fraction of sp³-hybridized carbons (Fsp3) is 0.333. The lowest BCUT2D eigenvalue weighted by molar-refractivity contribution is 0.0594. The number of hydrogen-bond acceptors (Lipinski definition) is 5. The number of allylic oxidation sites excluding steroid dienone is 1. The highest BCUT2D eigenvalue weighted by atomic mass is 19.1. The van der Waals surface area contributed by atoms with Gasteiger partial charge in [-0.15, -0.1) is 0 Å². The van der Waals surface area contributed by atoms with Crippen molar-refractivity contribution in [1.82, 2.24) is 4.90 Å². The van der Waals surface area contributed by atoms with Crippen molar-refractivity contribution in [3.63, 3.8) is 0 Å². The lowest BCUT2D eigenvalue weighted by Crippen LogP contribution is -2.47. The SMILES string of the molecule is CC1=C(c2cccc(O)c2)C(c2ccc(OCC(CF)N3CCCC(F)C3)cc2)Oc2ccc(O)cc21. The number of phenolic OH excluding ortho intramolecular Hbond substituents is 2. The van der Waals surface area contributed by atoms with Gasteiger partial charge in [-0.25, -0.2) is 8.78 Å². The Morgan fingerprint density at radius 2 is 1.84 bits per heavy atom. The molecule has 2 N–H and O–H groups in total. The lowest BCUT2D eigenvalue weighted by Gasteiger charge is -2.34. The van der Waals surface area contributed by atoms with E-state index in [-0.39, 0.29) is 24.7 Å². The van der Waals surface area contributed by atoms with Gasteiger partial charge in [0.1, 0.15) is 48.6 Å². The summed E-state index contributed by atoms with van der Waals surface area (Å²) in [6, 6.07) is 19.0. The van der Waals surface area contributed by atoms with Crippen molar-refractivity contribution in [3.05, 3.63) is 83.4 Å². The summed E-state index contributed by atoms with van der Waals surface area (Å²) in [6.45, 7) is 2.46. The van der Waals surface area contributed by atoms with Crippen molar-refractivity contribution in [2.75, 3.05) is 26.4 Å². The van der Waals surface area contributed by atoms with E-state index in [0.717, 1.165) is 34.3 Å². The molecule has 194 valence electrons. The summed E-state index contributed by atoms with van der Waals surface area (Å²) in [4.78, 5) is 1.84. The van der Waals surface area contributed by atoms with Gasteiger partial charge in [-0.3, -0.25) is 4.90 Å². The second kappa shape index (κ2) is 10.8. The molecule has 3 aromatic carbocycles. The maximum atomic E-state index is 13.8. The van der Waals surface area contributed by atoms with Gasteiger partial charge in [-0.2, -0.15) is 0 Å². The molecule has 0 bridgehead atoms. The van der Waals surface area contributed by atoms with E-state index in [1.807, 2.05) is 42.2 Å². The molecule has 0 aliphatic carbocycles. The molecule has 0 amide bonds. The first kappa shape index (κ1) is 25.1. The van der Waals surface area contributed by atoms with Crippen LogP contribution in [0.5, 0.6) is 23.0 Å². The Kier molecular flexibility index (Phi) is 7.33. The number of alkyl halides is 2. The summed E-state index contributed by atoms with van der Waals surface area (Å²) in [5.74, 6) is 1.55. The predicted molar refractivity (Wildman–Crippen MR) is 139 cm³/mol.